The van der Waals surface area contributed by atoms with Crippen LogP contribution in [-0.4, -0.2) is 71.7 Å². The number of piperazine rings is 1. The number of carboxylic acids is 1. The van der Waals surface area contributed by atoms with Crippen molar-refractivity contribution in [3.8, 4) is 0 Å². The van der Waals surface area contributed by atoms with Gasteiger partial charge in [-0.3, -0.25) is 14.6 Å². The zero-order valence-corrected chi connectivity index (χ0v) is 13.6. The summed E-state index contributed by atoms with van der Waals surface area (Å²) in [7, 11) is 1.72. The van der Waals surface area contributed by atoms with Gasteiger partial charge >= 0.3 is 5.97 Å². The molecule has 0 aliphatic carbocycles. The summed E-state index contributed by atoms with van der Waals surface area (Å²) >= 11 is 0. The molecule has 0 spiro atoms. The number of nitrogens with zero attached hydrogens (tertiary/aromatic N) is 2. The van der Waals surface area contributed by atoms with Gasteiger partial charge in [0.2, 0.25) is 0 Å². The summed E-state index contributed by atoms with van der Waals surface area (Å²) < 4.78 is 0. The number of hydrogen-bond donors (Lipinski definition) is 2. The summed E-state index contributed by atoms with van der Waals surface area (Å²) in [5.41, 5.74) is -0.840. The van der Waals surface area contributed by atoms with Crippen molar-refractivity contribution in [1.29, 1.82) is 0 Å². The maximum absolute atomic E-state index is 11.4. The fourth-order valence-electron chi connectivity index (χ4n) is 2.89. The number of nitrogens with one attached hydrogen (secondary N) is 1. The normalized spacial score (nSPS) is 24.1. The summed E-state index contributed by atoms with van der Waals surface area (Å²) in [5.74, 6) is -0.773. The Kier molecular flexibility index (Phi) is 6.43. The number of hydrogen-bond acceptors (Lipinski definition) is 4. The van der Waals surface area contributed by atoms with E-state index < -0.39 is 11.5 Å². The second-order valence-electron chi connectivity index (χ2n) is 6.27. The van der Waals surface area contributed by atoms with Crippen LogP contribution < -0.4 is 5.32 Å². The molecule has 0 aromatic heterocycles. The molecular weight excluding hydrogens is 254 g/mol. The third-order valence-electron chi connectivity index (χ3n) is 4.91. The van der Waals surface area contributed by atoms with Gasteiger partial charge < -0.3 is 10.4 Å². The average molecular weight is 285 g/mol. The molecule has 0 aromatic rings. The number of likely N-dealkylation sites (N-methyl/N-ethyl adjacent to an activating group) is 1. The zero-order chi connectivity index (χ0) is 15.3. The molecule has 5 heteroatoms. The van der Waals surface area contributed by atoms with E-state index in [1.807, 2.05) is 0 Å². The maximum Gasteiger partial charge on any atom is 0.323 e. The first kappa shape index (κ1) is 17.4. The minimum absolute atomic E-state index is 0.280. The fourth-order valence-corrected chi connectivity index (χ4v) is 2.89. The second-order valence-corrected chi connectivity index (χ2v) is 6.27. The Morgan fingerprint density at radius 2 is 1.65 bits per heavy atom. The molecule has 1 rings (SSSR count). The highest BCUT2D eigenvalue weighted by Crippen LogP contribution is 2.19. The zero-order valence-electron chi connectivity index (χ0n) is 13.6. The van der Waals surface area contributed by atoms with Crippen molar-refractivity contribution in [3.63, 3.8) is 0 Å². The van der Waals surface area contributed by atoms with E-state index in [0.29, 0.717) is 12.5 Å². The van der Waals surface area contributed by atoms with E-state index in [4.69, 9.17) is 0 Å². The summed E-state index contributed by atoms with van der Waals surface area (Å²) in [6.45, 7) is 12.6. The molecule has 0 aromatic carbocycles. The van der Waals surface area contributed by atoms with Gasteiger partial charge in [-0.25, -0.2) is 0 Å². The van der Waals surface area contributed by atoms with Gasteiger partial charge in [0.15, 0.2) is 0 Å². The van der Waals surface area contributed by atoms with Gasteiger partial charge in [-0.05, 0) is 40.7 Å². The van der Waals surface area contributed by atoms with Crippen LogP contribution in [-0.2, 0) is 4.79 Å². The van der Waals surface area contributed by atoms with E-state index in [1.165, 1.54) is 6.42 Å². The fraction of sp³-hybridized carbons (Fsp3) is 0.933. The number of aliphatic carboxylic acids is 1. The van der Waals surface area contributed by atoms with Crippen LogP contribution in [0, 0.1) is 0 Å². The van der Waals surface area contributed by atoms with Gasteiger partial charge in [0, 0.05) is 38.3 Å². The molecule has 5 nitrogen and oxygen atoms in total. The highest BCUT2D eigenvalue weighted by molar-refractivity contribution is 5.78. The van der Waals surface area contributed by atoms with Crippen LogP contribution in [0.1, 0.15) is 40.5 Å². The van der Waals surface area contributed by atoms with Gasteiger partial charge in [-0.2, -0.15) is 0 Å². The molecule has 2 N–H and O–H groups in total. The molecule has 1 aliphatic heterocycles. The van der Waals surface area contributed by atoms with Gasteiger partial charge in [0.25, 0.3) is 0 Å². The first-order valence-corrected chi connectivity index (χ1v) is 7.74. The molecule has 1 fully saturated rings. The van der Waals surface area contributed by atoms with Crippen LogP contribution in [0.4, 0.5) is 0 Å². The Morgan fingerprint density at radius 3 is 2.00 bits per heavy atom. The average Bonchev–Trinajstić information content (AvgIpc) is 2.46. The minimum atomic E-state index is -0.840. The molecule has 3 unspecified atom stereocenters. The van der Waals surface area contributed by atoms with Crippen molar-refractivity contribution < 1.29 is 9.90 Å². The third kappa shape index (κ3) is 4.17. The number of carboxylic acid groups (broad SMARTS) is 1. The van der Waals surface area contributed by atoms with Crippen molar-refractivity contribution in [1.82, 2.24) is 15.1 Å². The lowest BCUT2D eigenvalue weighted by molar-refractivity contribution is -0.144. The minimum Gasteiger partial charge on any atom is -0.480 e. The Hall–Kier alpha value is -0.650. The van der Waals surface area contributed by atoms with Crippen LogP contribution in [0.2, 0.25) is 0 Å². The lowest BCUT2D eigenvalue weighted by Crippen LogP contribution is -2.56. The Balaban J connectivity index is 2.50. The predicted octanol–water partition coefficient (Wildman–Crippen LogP) is 1.24. The van der Waals surface area contributed by atoms with Crippen molar-refractivity contribution >= 4 is 5.97 Å². The van der Waals surface area contributed by atoms with Crippen molar-refractivity contribution in [3.05, 3.63) is 0 Å². The Bertz CT molecular complexity index is 316. The second kappa shape index (κ2) is 7.38. The van der Waals surface area contributed by atoms with E-state index in [2.05, 4.69) is 35.9 Å². The molecule has 118 valence electrons. The largest absolute Gasteiger partial charge is 0.480 e. The Labute approximate surface area is 123 Å². The van der Waals surface area contributed by atoms with E-state index in [-0.39, 0.29) is 6.04 Å². The molecule has 3 atom stereocenters. The van der Waals surface area contributed by atoms with Crippen LogP contribution >= 0.6 is 0 Å². The topological polar surface area (TPSA) is 55.8 Å². The Morgan fingerprint density at radius 1 is 1.20 bits per heavy atom. The van der Waals surface area contributed by atoms with Gasteiger partial charge in [0.1, 0.15) is 5.54 Å². The highest BCUT2D eigenvalue weighted by Gasteiger charge is 2.35. The monoisotopic (exact) mass is 285 g/mol. The van der Waals surface area contributed by atoms with Crippen molar-refractivity contribution in [2.24, 2.45) is 0 Å². The smallest absolute Gasteiger partial charge is 0.323 e. The molecular formula is C15H31N3O2. The molecule has 0 amide bonds. The van der Waals surface area contributed by atoms with E-state index in [1.54, 1.807) is 14.0 Å². The van der Waals surface area contributed by atoms with Gasteiger partial charge in [-0.15, -0.1) is 0 Å². The molecule has 0 bridgehead atoms. The van der Waals surface area contributed by atoms with E-state index >= 15 is 0 Å². The first-order valence-electron chi connectivity index (χ1n) is 7.74. The van der Waals surface area contributed by atoms with Crippen LogP contribution in [0.25, 0.3) is 0 Å². The lowest BCUT2D eigenvalue weighted by atomic mass is 9.93. The maximum atomic E-state index is 11.4. The molecule has 20 heavy (non-hydrogen) atoms. The van der Waals surface area contributed by atoms with E-state index in [9.17, 15) is 9.90 Å². The van der Waals surface area contributed by atoms with Crippen LogP contribution in [0.5, 0.6) is 0 Å². The van der Waals surface area contributed by atoms with Crippen LogP contribution in [0.15, 0.2) is 0 Å². The molecule has 1 saturated heterocycles. The quantitative estimate of drug-likeness (QED) is 0.737. The summed E-state index contributed by atoms with van der Waals surface area (Å²) in [4.78, 5) is 16.3. The van der Waals surface area contributed by atoms with Crippen LogP contribution in [0.3, 0.4) is 0 Å². The molecule has 0 radical (unpaired) electrons. The van der Waals surface area contributed by atoms with Crippen molar-refractivity contribution in [2.75, 3.05) is 33.2 Å². The summed E-state index contributed by atoms with van der Waals surface area (Å²) in [6, 6.07) is 0.927. The molecule has 1 aliphatic rings. The van der Waals surface area contributed by atoms with Crippen molar-refractivity contribution in [2.45, 2.75) is 58.2 Å². The lowest BCUT2D eigenvalue weighted by Gasteiger charge is -2.42. The third-order valence-corrected chi connectivity index (χ3v) is 4.91. The first-order chi connectivity index (χ1) is 9.34. The van der Waals surface area contributed by atoms with E-state index in [0.717, 1.165) is 26.2 Å². The number of carbonyl (C=O) groups is 1. The SMILES string of the molecule is CCC(C)N1CCN(C(C)CC(C)(NC)C(=O)O)CC1. The standard InChI is InChI=1S/C15H31N3O2/c1-6-12(2)17-7-9-18(10-8-17)13(3)11-15(4,16-5)14(19)20/h12-13,16H,6-11H2,1-5H3,(H,19,20). The summed E-state index contributed by atoms with van der Waals surface area (Å²) in [6.07, 6.45) is 1.81. The summed E-state index contributed by atoms with van der Waals surface area (Å²) in [5, 5.41) is 12.3. The highest BCUT2D eigenvalue weighted by atomic mass is 16.4. The number of rotatable bonds is 7. The van der Waals surface area contributed by atoms with Gasteiger partial charge in [0.05, 0.1) is 0 Å². The van der Waals surface area contributed by atoms with Gasteiger partial charge in [-0.1, -0.05) is 6.92 Å². The molecule has 1 heterocycles. The molecule has 0 saturated carbocycles. The predicted molar refractivity (Wildman–Crippen MR) is 82.1 cm³/mol.